The quantitative estimate of drug-likeness (QED) is 0.146. The third-order valence-corrected chi connectivity index (χ3v) is 4.24. The van der Waals surface area contributed by atoms with Crippen molar-refractivity contribution in [1.82, 2.24) is 4.90 Å². The van der Waals surface area contributed by atoms with Crippen molar-refractivity contribution in [3.05, 3.63) is 25.3 Å². The molecule has 31 heavy (non-hydrogen) atoms. The Morgan fingerprint density at radius 2 is 0.968 bits per heavy atom. The zero-order chi connectivity index (χ0) is 24.9. The van der Waals surface area contributed by atoms with Crippen molar-refractivity contribution in [2.75, 3.05) is 19.6 Å². The van der Waals surface area contributed by atoms with E-state index in [4.69, 9.17) is 0 Å². The number of rotatable bonds is 14. The third-order valence-electron chi connectivity index (χ3n) is 4.24. The van der Waals surface area contributed by atoms with Crippen LogP contribution in [0.5, 0.6) is 0 Å². The summed E-state index contributed by atoms with van der Waals surface area (Å²) >= 11 is 0. The normalized spacial score (nSPS) is 14.8. The standard InChI is InChI=1S/C17H20F13N/c1-3-9-31(10-4-2)11-7-5-6-8-12(18,19)13(20,21)14(22,23)15(24,25)16(26,27)17(28,29)30/h3-4H,1-2,5-11H2. The molecule has 0 aromatic heterocycles. The van der Waals surface area contributed by atoms with Crippen LogP contribution in [0.2, 0.25) is 0 Å². The van der Waals surface area contributed by atoms with Crippen molar-refractivity contribution in [3.63, 3.8) is 0 Å². The van der Waals surface area contributed by atoms with Gasteiger partial charge >= 0.3 is 35.8 Å². The maximum Gasteiger partial charge on any atom is 0.460 e. The minimum atomic E-state index is -7.85. The summed E-state index contributed by atoms with van der Waals surface area (Å²) in [6, 6.07) is 0. The van der Waals surface area contributed by atoms with Crippen molar-refractivity contribution in [1.29, 1.82) is 0 Å². The first kappa shape index (κ1) is 29.5. The topological polar surface area (TPSA) is 3.24 Å². The Morgan fingerprint density at radius 1 is 0.548 bits per heavy atom. The van der Waals surface area contributed by atoms with Gasteiger partial charge in [0.25, 0.3) is 0 Å². The molecule has 0 N–H and O–H groups in total. The fraction of sp³-hybridized carbons (Fsp3) is 0.765. The van der Waals surface area contributed by atoms with Gasteiger partial charge in [-0.1, -0.05) is 18.6 Å². The Balaban J connectivity index is 5.33. The summed E-state index contributed by atoms with van der Waals surface area (Å²) in [5.74, 6) is -36.4. The number of halogens is 13. The molecule has 184 valence electrons. The molecule has 0 amide bonds. The average Bonchev–Trinajstić information content (AvgIpc) is 2.60. The number of hydrogen-bond acceptors (Lipinski definition) is 1. The molecular formula is C17H20F13N. The van der Waals surface area contributed by atoms with Gasteiger partial charge in [-0.05, 0) is 19.4 Å². The van der Waals surface area contributed by atoms with Crippen molar-refractivity contribution in [3.8, 4) is 0 Å². The molecule has 0 atom stereocenters. The molecule has 1 nitrogen and oxygen atoms in total. The summed E-state index contributed by atoms with van der Waals surface area (Å²) in [5, 5.41) is 0. The second-order valence-corrected chi connectivity index (χ2v) is 6.65. The minimum Gasteiger partial charge on any atom is -0.296 e. The highest BCUT2D eigenvalue weighted by atomic mass is 19.4. The first-order valence-corrected chi connectivity index (χ1v) is 8.64. The lowest BCUT2D eigenvalue weighted by Gasteiger charge is -2.39. The van der Waals surface area contributed by atoms with Crippen LogP contribution < -0.4 is 0 Å². The summed E-state index contributed by atoms with van der Waals surface area (Å²) in [6.45, 7) is 7.79. The van der Waals surface area contributed by atoms with Crippen LogP contribution in [0.25, 0.3) is 0 Å². The molecule has 0 rings (SSSR count). The van der Waals surface area contributed by atoms with Crippen LogP contribution in [0, 0.1) is 0 Å². The fourth-order valence-electron chi connectivity index (χ4n) is 2.44. The number of hydrogen-bond donors (Lipinski definition) is 0. The van der Waals surface area contributed by atoms with Gasteiger partial charge in [0, 0.05) is 19.5 Å². The van der Waals surface area contributed by atoms with E-state index in [0.29, 0.717) is 13.1 Å². The molecule has 0 unspecified atom stereocenters. The summed E-state index contributed by atoms with van der Waals surface area (Å²) in [7, 11) is 0. The van der Waals surface area contributed by atoms with Crippen LogP contribution in [-0.4, -0.2) is 60.3 Å². The van der Waals surface area contributed by atoms with E-state index in [-0.39, 0.29) is 19.4 Å². The van der Waals surface area contributed by atoms with Gasteiger partial charge in [0.05, 0.1) is 0 Å². The van der Waals surface area contributed by atoms with E-state index in [1.807, 2.05) is 0 Å². The summed E-state index contributed by atoms with van der Waals surface area (Å²) in [6.07, 6.45) is -7.70. The van der Waals surface area contributed by atoms with Crippen molar-refractivity contribution in [2.24, 2.45) is 0 Å². The van der Waals surface area contributed by atoms with Gasteiger partial charge in [-0.3, -0.25) is 4.90 Å². The van der Waals surface area contributed by atoms with E-state index in [9.17, 15) is 57.1 Å². The first-order valence-electron chi connectivity index (χ1n) is 8.64. The first-order chi connectivity index (χ1) is 13.7. The predicted octanol–water partition coefficient (Wildman–Crippen LogP) is 6.96. The zero-order valence-corrected chi connectivity index (χ0v) is 15.9. The van der Waals surface area contributed by atoms with Gasteiger partial charge in [-0.25, -0.2) is 0 Å². The molecule has 0 heterocycles. The lowest BCUT2D eigenvalue weighted by Crippen LogP contribution is -2.70. The van der Waals surface area contributed by atoms with Crippen LogP contribution in [0.4, 0.5) is 57.1 Å². The Labute approximate surface area is 169 Å². The Kier molecular flexibility index (Phi) is 9.51. The van der Waals surface area contributed by atoms with Gasteiger partial charge in [0.1, 0.15) is 0 Å². The van der Waals surface area contributed by atoms with E-state index < -0.39 is 48.6 Å². The SMILES string of the molecule is C=CCN(CC=C)CCCCCC(F)(F)C(F)(F)C(F)(F)C(F)(F)C(F)(F)C(F)(F)F. The molecule has 0 radical (unpaired) electrons. The highest BCUT2D eigenvalue weighted by molar-refractivity contribution is 5.10. The van der Waals surface area contributed by atoms with Crippen molar-refractivity contribution in [2.45, 2.75) is 61.5 Å². The largest absolute Gasteiger partial charge is 0.460 e. The molecule has 0 saturated carbocycles. The van der Waals surface area contributed by atoms with Gasteiger partial charge in [0.2, 0.25) is 0 Å². The molecule has 0 aliphatic rings. The summed E-state index contributed by atoms with van der Waals surface area (Å²) < 4.78 is 169. The smallest absolute Gasteiger partial charge is 0.296 e. The van der Waals surface area contributed by atoms with Crippen LogP contribution in [0.1, 0.15) is 25.7 Å². The van der Waals surface area contributed by atoms with E-state index in [1.54, 1.807) is 4.90 Å². The molecule has 0 aromatic rings. The number of nitrogens with zero attached hydrogens (tertiary/aromatic N) is 1. The van der Waals surface area contributed by atoms with Crippen molar-refractivity contribution < 1.29 is 57.1 Å². The fourth-order valence-corrected chi connectivity index (χ4v) is 2.44. The number of alkyl halides is 13. The van der Waals surface area contributed by atoms with Crippen LogP contribution in [-0.2, 0) is 0 Å². The Hall–Kier alpha value is -1.47. The molecule has 0 aromatic carbocycles. The lowest BCUT2D eigenvalue weighted by molar-refractivity contribution is -0.440. The minimum absolute atomic E-state index is 0.0715. The van der Waals surface area contributed by atoms with Gasteiger partial charge in [-0.15, -0.1) is 13.2 Å². The van der Waals surface area contributed by atoms with Crippen LogP contribution in [0.3, 0.4) is 0 Å². The van der Waals surface area contributed by atoms with Gasteiger partial charge in [-0.2, -0.15) is 57.1 Å². The molecule has 0 spiro atoms. The molecular weight excluding hydrogens is 465 g/mol. The third kappa shape index (κ3) is 5.86. The maximum atomic E-state index is 13.6. The molecule has 0 fully saturated rings. The summed E-state index contributed by atoms with van der Waals surface area (Å²) in [4.78, 5) is 1.68. The molecule has 0 bridgehead atoms. The zero-order valence-electron chi connectivity index (χ0n) is 15.9. The second-order valence-electron chi connectivity index (χ2n) is 6.65. The van der Waals surface area contributed by atoms with E-state index in [1.165, 1.54) is 12.2 Å². The second kappa shape index (κ2) is 9.99. The summed E-state index contributed by atoms with van der Waals surface area (Å²) in [5.41, 5.74) is 0. The van der Waals surface area contributed by atoms with Crippen molar-refractivity contribution >= 4 is 0 Å². The molecule has 0 aliphatic heterocycles. The highest BCUT2D eigenvalue weighted by Crippen LogP contribution is 2.60. The van der Waals surface area contributed by atoms with Crippen LogP contribution >= 0.6 is 0 Å². The lowest BCUT2D eigenvalue weighted by atomic mass is 9.91. The van der Waals surface area contributed by atoms with Crippen LogP contribution in [0.15, 0.2) is 25.3 Å². The molecule has 0 aliphatic carbocycles. The van der Waals surface area contributed by atoms with E-state index >= 15 is 0 Å². The highest BCUT2D eigenvalue weighted by Gasteiger charge is 2.90. The Bertz CT molecular complexity index is 585. The molecule has 14 heteroatoms. The predicted molar refractivity (Wildman–Crippen MR) is 86.1 cm³/mol. The van der Waals surface area contributed by atoms with Gasteiger partial charge < -0.3 is 0 Å². The Morgan fingerprint density at radius 3 is 1.35 bits per heavy atom. The monoisotopic (exact) mass is 485 g/mol. The molecule has 0 saturated heterocycles. The average molecular weight is 485 g/mol. The van der Waals surface area contributed by atoms with E-state index in [0.717, 1.165) is 0 Å². The number of unbranched alkanes of at least 4 members (excludes halogenated alkanes) is 2. The van der Waals surface area contributed by atoms with Gasteiger partial charge in [0.15, 0.2) is 0 Å². The van der Waals surface area contributed by atoms with E-state index in [2.05, 4.69) is 13.2 Å². The maximum absolute atomic E-state index is 13.6.